The van der Waals surface area contributed by atoms with Crippen LogP contribution in [0.3, 0.4) is 0 Å². The molecule has 0 radical (unpaired) electrons. The Morgan fingerprint density at radius 3 is 2.70 bits per heavy atom. The van der Waals surface area contributed by atoms with E-state index in [2.05, 4.69) is 24.1 Å². The Balaban J connectivity index is 2.09. The van der Waals surface area contributed by atoms with E-state index in [0.717, 1.165) is 26.1 Å². The van der Waals surface area contributed by atoms with Crippen LogP contribution in [0, 0.1) is 0 Å². The van der Waals surface area contributed by atoms with Crippen LogP contribution in [0.5, 0.6) is 0 Å². The van der Waals surface area contributed by atoms with Gasteiger partial charge in [0.1, 0.15) is 0 Å². The second-order valence-corrected chi connectivity index (χ2v) is 6.03. The lowest BCUT2D eigenvalue weighted by Crippen LogP contribution is -2.35. The summed E-state index contributed by atoms with van der Waals surface area (Å²) in [5.74, 6) is -0.118. The molecule has 1 fully saturated rings. The Morgan fingerprint density at radius 2 is 2.09 bits per heavy atom. The summed E-state index contributed by atoms with van der Waals surface area (Å²) in [5, 5.41) is 3.46. The number of halogens is 1. The van der Waals surface area contributed by atoms with Crippen LogP contribution in [-0.4, -0.2) is 49.4 Å². The van der Waals surface area contributed by atoms with Crippen LogP contribution in [0.15, 0.2) is 18.2 Å². The van der Waals surface area contributed by atoms with Gasteiger partial charge in [0.25, 0.3) is 5.91 Å². The van der Waals surface area contributed by atoms with Crippen LogP contribution in [0.2, 0.25) is 5.02 Å². The van der Waals surface area contributed by atoms with E-state index >= 15 is 0 Å². The first kappa shape index (κ1) is 17.8. The van der Waals surface area contributed by atoms with E-state index < -0.39 is 0 Å². The van der Waals surface area contributed by atoms with Gasteiger partial charge in [0.05, 0.1) is 11.3 Å². The van der Waals surface area contributed by atoms with Crippen LogP contribution < -0.4 is 10.2 Å². The molecule has 1 N–H and O–H groups in total. The molecule has 1 aliphatic heterocycles. The van der Waals surface area contributed by atoms with Crippen LogP contribution in [0.25, 0.3) is 0 Å². The SMILES string of the molecule is CCN(CC)CCNC(=O)c1ccc(Cl)cc1N1CCCC1=O. The summed E-state index contributed by atoms with van der Waals surface area (Å²) < 4.78 is 0. The minimum Gasteiger partial charge on any atom is -0.351 e. The number of carbonyl (C=O) groups excluding carboxylic acids is 2. The lowest BCUT2D eigenvalue weighted by Gasteiger charge is -2.21. The van der Waals surface area contributed by atoms with Gasteiger partial charge in [-0.1, -0.05) is 25.4 Å². The number of hydrogen-bond donors (Lipinski definition) is 1. The monoisotopic (exact) mass is 337 g/mol. The molecule has 2 rings (SSSR count). The second-order valence-electron chi connectivity index (χ2n) is 5.59. The quantitative estimate of drug-likeness (QED) is 0.832. The van der Waals surface area contributed by atoms with Crippen LogP contribution in [0.1, 0.15) is 37.0 Å². The number of amides is 2. The largest absolute Gasteiger partial charge is 0.351 e. The molecule has 126 valence electrons. The zero-order valence-electron chi connectivity index (χ0n) is 13.8. The Hall–Kier alpha value is -1.59. The number of nitrogens with one attached hydrogen (secondary N) is 1. The average Bonchev–Trinajstić information content (AvgIpc) is 2.97. The minimum atomic E-state index is -0.163. The van der Waals surface area contributed by atoms with Gasteiger partial charge in [-0.3, -0.25) is 9.59 Å². The van der Waals surface area contributed by atoms with E-state index in [-0.39, 0.29) is 11.8 Å². The lowest BCUT2D eigenvalue weighted by molar-refractivity contribution is -0.117. The number of nitrogens with zero attached hydrogens (tertiary/aromatic N) is 2. The fourth-order valence-corrected chi connectivity index (χ4v) is 2.95. The van der Waals surface area contributed by atoms with E-state index in [1.54, 1.807) is 23.1 Å². The highest BCUT2D eigenvalue weighted by atomic mass is 35.5. The van der Waals surface area contributed by atoms with E-state index in [1.807, 2.05) is 0 Å². The number of hydrogen-bond acceptors (Lipinski definition) is 3. The van der Waals surface area contributed by atoms with E-state index in [1.165, 1.54) is 0 Å². The maximum Gasteiger partial charge on any atom is 0.253 e. The number of likely N-dealkylation sites (N-methyl/N-ethyl adjacent to an activating group) is 1. The average molecular weight is 338 g/mol. The Labute approximate surface area is 142 Å². The van der Waals surface area contributed by atoms with Crippen molar-refractivity contribution < 1.29 is 9.59 Å². The lowest BCUT2D eigenvalue weighted by atomic mass is 10.1. The summed E-state index contributed by atoms with van der Waals surface area (Å²) in [6, 6.07) is 5.07. The van der Waals surface area contributed by atoms with Crippen molar-refractivity contribution in [2.24, 2.45) is 0 Å². The highest BCUT2D eigenvalue weighted by molar-refractivity contribution is 6.31. The van der Waals surface area contributed by atoms with Gasteiger partial charge in [-0.15, -0.1) is 0 Å². The summed E-state index contributed by atoms with van der Waals surface area (Å²) in [4.78, 5) is 28.4. The van der Waals surface area contributed by atoms with Crippen molar-refractivity contribution in [3.63, 3.8) is 0 Å². The minimum absolute atomic E-state index is 0.0458. The zero-order valence-corrected chi connectivity index (χ0v) is 14.5. The molecule has 1 saturated heterocycles. The topological polar surface area (TPSA) is 52.7 Å². The molecule has 1 heterocycles. The molecule has 6 heteroatoms. The van der Waals surface area contributed by atoms with Crippen molar-refractivity contribution >= 4 is 29.1 Å². The Morgan fingerprint density at radius 1 is 1.35 bits per heavy atom. The van der Waals surface area contributed by atoms with Crippen molar-refractivity contribution in [3.8, 4) is 0 Å². The van der Waals surface area contributed by atoms with Crippen molar-refractivity contribution in [2.75, 3.05) is 37.6 Å². The molecule has 0 aromatic heterocycles. The van der Waals surface area contributed by atoms with E-state index in [9.17, 15) is 9.59 Å². The summed E-state index contributed by atoms with van der Waals surface area (Å²) in [5.41, 5.74) is 1.12. The van der Waals surface area contributed by atoms with Crippen LogP contribution in [-0.2, 0) is 4.79 Å². The fraction of sp³-hybridized carbons (Fsp3) is 0.529. The third kappa shape index (κ3) is 4.45. The molecule has 1 aromatic carbocycles. The maximum atomic E-state index is 12.5. The smallest absolute Gasteiger partial charge is 0.253 e. The standard InChI is InChI=1S/C17H24ClN3O2/c1-3-20(4-2)11-9-19-17(23)14-8-7-13(18)12-15(14)21-10-5-6-16(21)22/h7-8,12H,3-6,9-11H2,1-2H3,(H,19,23). The molecule has 5 nitrogen and oxygen atoms in total. The molecule has 2 amide bonds. The maximum absolute atomic E-state index is 12.5. The van der Waals surface area contributed by atoms with E-state index in [4.69, 9.17) is 11.6 Å². The van der Waals surface area contributed by atoms with E-state index in [0.29, 0.717) is 35.8 Å². The molecule has 1 aromatic rings. The second kappa shape index (κ2) is 8.31. The van der Waals surface area contributed by atoms with Gasteiger partial charge in [-0.05, 0) is 37.7 Å². The van der Waals surface area contributed by atoms with Crippen LogP contribution in [0.4, 0.5) is 5.69 Å². The first-order chi connectivity index (χ1) is 11.1. The molecule has 0 saturated carbocycles. The summed E-state index contributed by atoms with van der Waals surface area (Å²) in [6.45, 7) is 8.14. The zero-order chi connectivity index (χ0) is 16.8. The third-order valence-electron chi connectivity index (χ3n) is 4.18. The Bertz CT molecular complexity index is 573. The van der Waals surface area contributed by atoms with Gasteiger partial charge >= 0.3 is 0 Å². The predicted octanol–water partition coefficient (Wildman–Crippen LogP) is 2.54. The van der Waals surface area contributed by atoms with Crippen molar-refractivity contribution in [1.29, 1.82) is 0 Å². The van der Waals surface area contributed by atoms with Crippen molar-refractivity contribution in [2.45, 2.75) is 26.7 Å². The summed E-state index contributed by atoms with van der Waals surface area (Å²) in [7, 11) is 0. The summed E-state index contributed by atoms with van der Waals surface area (Å²) in [6.07, 6.45) is 1.34. The first-order valence-electron chi connectivity index (χ1n) is 8.17. The number of benzene rings is 1. The molecule has 23 heavy (non-hydrogen) atoms. The first-order valence-corrected chi connectivity index (χ1v) is 8.55. The van der Waals surface area contributed by atoms with Gasteiger partial charge in [-0.25, -0.2) is 0 Å². The molecule has 0 unspecified atom stereocenters. The molecule has 0 aliphatic carbocycles. The Kier molecular flexibility index (Phi) is 6.42. The fourth-order valence-electron chi connectivity index (χ4n) is 2.79. The number of anilines is 1. The third-order valence-corrected chi connectivity index (χ3v) is 4.41. The van der Waals surface area contributed by atoms with Crippen LogP contribution >= 0.6 is 11.6 Å². The molecule has 0 spiro atoms. The van der Waals surface area contributed by atoms with Gasteiger partial charge in [-0.2, -0.15) is 0 Å². The number of rotatable bonds is 7. The highest BCUT2D eigenvalue weighted by Gasteiger charge is 2.26. The molecule has 1 aliphatic rings. The normalized spacial score (nSPS) is 14.6. The van der Waals surface area contributed by atoms with Gasteiger partial charge in [0, 0.05) is 31.1 Å². The summed E-state index contributed by atoms with van der Waals surface area (Å²) >= 11 is 6.05. The molecule has 0 bridgehead atoms. The molecular weight excluding hydrogens is 314 g/mol. The van der Waals surface area contributed by atoms with Gasteiger partial charge in [0.2, 0.25) is 5.91 Å². The van der Waals surface area contributed by atoms with Gasteiger partial charge < -0.3 is 15.1 Å². The van der Waals surface area contributed by atoms with Crippen molar-refractivity contribution in [1.82, 2.24) is 10.2 Å². The molecular formula is C17H24ClN3O2. The highest BCUT2D eigenvalue weighted by Crippen LogP contribution is 2.28. The number of carbonyl (C=O) groups is 2. The predicted molar refractivity (Wildman–Crippen MR) is 93.2 cm³/mol. The van der Waals surface area contributed by atoms with Crippen molar-refractivity contribution in [3.05, 3.63) is 28.8 Å². The van der Waals surface area contributed by atoms with Gasteiger partial charge in [0.15, 0.2) is 0 Å². The molecule has 0 atom stereocenters.